The van der Waals surface area contributed by atoms with Crippen molar-refractivity contribution >= 4 is 27.6 Å². The van der Waals surface area contributed by atoms with Crippen LogP contribution in [0.4, 0.5) is 5.69 Å². The number of aromatic nitrogens is 1. The summed E-state index contributed by atoms with van der Waals surface area (Å²) >= 11 is 0. The number of benzene rings is 2. The summed E-state index contributed by atoms with van der Waals surface area (Å²) in [4.78, 5) is 11.3. The Hall–Kier alpha value is -2.47. The Balaban J connectivity index is 0.000000924. The van der Waals surface area contributed by atoms with Gasteiger partial charge in [-0.3, -0.25) is 14.1 Å². The first-order chi connectivity index (χ1) is 11.1. The van der Waals surface area contributed by atoms with Crippen LogP contribution in [0.5, 0.6) is 0 Å². The molecule has 1 atom stereocenters. The van der Waals surface area contributed by atoms with E-state index in [4.69, 9.17) is 0 Å². The third-order valence-corrected chi connectivity index (χ3v) is 4.75. The molecule has 6 heteroatoms. The molecule has 3 rings (SSSR count). The highest BCUT2D eigenvalue weighted by atomic mass is 32.2. The maximum absolute atomic E-state index is 12.7. The van der Waals surface area contributed by atoms with Crippen LogP contribution in [0.25, 0.3) is 10.9 Å². The Morgan fingerprint density at radius 3 is 2.30 bits per heavy atom. The summed E-state index contributed by atoms with van der Waals surface area (Å²) in [7, 11) is -1.43. The molecule has 5 nitrogen and oxygen atoms in total. The average molecular weight is 330 g/mol. The summed E-state index contributed by atoms with van der Waals surface area (Å²) in [6.07, 6.45) is 0. The van der Waals surface area contributed by atoms with Crippen LogP contribution >= 0.6 is 0 Å². The second-order valence-corrected chi connectivity index (χ2v) is 5.94. The number of fused-ring (bicyclic) bond motifs is 1. The van der Waals surface area contributed by atoms with Crippen LogP contribution in [0.2, 0.25) is 0 Å². The van der Waals surface area contributed by atoms with Crippen LogP contribution in [0, 0.1) is 17.0 Å². The lowest BCUT2D eigenvalue weighted by molar-refractivity contribution is -0.383. The van der Waals surface area contributed by atoms with Gasteiger partial charge in [0.25, 0.3) is 5.69 Å². The van der Waals surface area contributed by atoms with Crippen molar-refractivity contribution in [2.24, 2.45) is 0 Å². The summed E-state index contributed by atoms with van der Waals surface area (Å²) in [5, 5.41) is 11.6. The summed E-state index contributed by atoms with van der Waals surface area (Å²) in [6, 6.07) is 15.6. The second-order valence-electron chi connectivity index (χ2n) is 4.61. The van der Waals surface area contributed by atoms with Crippen LogP contribution in [0.15, 0.2) is 59.5 Å². The molecule has 1 aromatic heterocycles. The van der Waals surface area contributed by atoms with E-state index in [9.17, 15) is 14.3 Å². The molecule has 120 valence electrons. The van der Waals surface area contributed by atoms with E-state index in [1.165, 1.54) is 6.07 Å². The van der Waals surface area contributed by atoms with Gasteiger partial charge in [-0.25, -0.2) is 4.21 Å². The second kappa shape index (κ2) is 7.19. The van der Waals surface area contributed by atoms with Crippen molar-refractivity contribution in [2.75, 3.05) is 0 Å². The summed E-state index contributed by atoms with van der Waals surface area (Å²) in [6.45, 7) is 5.80. The number of nitrogens with zero attached hydrogens (tertiary/aromatic N) is 2. The molecule has 0 aliphatic rings. The fourth-order valence-corrected chi connectivity index (χ4v) is 3.60. The summed E-state index contributed by atoms with van der Waals surface area (Å²) < 4.78 is 14.4. The standard InChI is InChI=1S/C15H12N2O3S.C2H6/c1-11-10-13-14(8-5-9-15(13)17(18)19)16(11)21(20)12-6-3-2-4-7-12;1-2/h2-10H,1H3;1-2H3. The van der Waals surface area contributed by atoms with Crippen molar-refractivity contribution < 1.29 is 9.13 Å². The van der Waals surface area contributed by atoms with Gasteiger partial charge in [0.1, 0.15) is 0 Å². The van der Waals surface area contributed by atoms with Crippen molar-refractivity contribution in [3.05, 3.63) is 70.4 Å². The molecule has 0 radical (unpaired) electrons. The van der Waals surface area contributed by atoms with Gasteiger partial charge in [-0.2, -0.15) is 0 Å². The monoisotopic (exact) mass is 330 g/mol. The third-order valence-electron chi connectivity index (χ3n) is 3.26. The maximum atomic E-state index is 12.7. The molecule has 0 amide bonds. The van der Waals surface area contributed by atoms with Crippen LogP contribution in [-0.2, 0) is 11.0 Å². The highest BCUT2D eigenvalue weighted by Crippen LogP contribution is 2.30. The van der Waals surface area contributed by atoms with Crippen LogP contribution in [0.3, 0.4) is 0 Å². The number of rotatable bonds is 3. The molecule has 0 saturated heterocycles. The first kappa shape index (κ1) is 16.9. The Bertz CT molecular complexity index is 857. The predicted molar refractivity (Wildman–Crippen MR) is 92.9 cm³/mol. The van der Waals surface area contributed by atoms with Gasteiger partial charge in [-0.1, -0.05) is 38.1 Å². The van der Waals surface area contributed by atoms with E-state index < -0.39 is 15.9 Å². The number of hydrogen-bond acceptors (Lipinski definition) is 3. The topological polar surface area (TPSA) is 65.1 Å². The molecule has 1 heterocycles. The molecule has 0 N–H and O–H groups in total. The van der Waals surface area contributed by atoms with Gasteiger partial charge in [-0.05, 0) is 31.2 Å². The Kier molecular flexibility index (Phi) is 5.28. The number of aryl methyl sites for hydroxylation is 1. The van der Waals surface area contributed by atoms with E-state index >= 15 is 0 Å². The van der Waals surface area contributed by atoms with Gasteiger partial charge >= 0.3 is 0 Å². The maximum Gasteiger partial charge on any atom is 0.278 e. The van der Waals surface area contributed by atoms with Gasteiger partial charge in [0.05, 0.1) is 20.7 Å². The fourth-order valence-electron chi connectivity index (χ4n) is 2.35. The van der Waals surface area contributed by atoms with Crippen LogP contribution in [0.1, 0.15) is 19.5 Å². The number of nitro benzene ring substituents is 1. The molecule has 0 saturated carbocycles. The predicted octanol–water partition coefficient (Wildman–Crippen LogP) is 4.46. The molecule has 0 aliphatic heterocycles. The molecular weight excluding hydrogens is 312 g/mol. The lowest BCUT2D eigenvalue weighted by Gasteiger charge is -2.07. The van der Waals surface area contributed by atoms with Crippen molar-refractivity contribution in [1.29, 1.82) is 0 Å². The van der Waals surface area contributed by atoms with Gasteiger partial charge < -0.3 is 0 Å². The SMILES string of the molecule is CC.Cc1cc2c([N+](=O)[O-])cccc2n1S(=O)c1ccccc1. The molecule has 23 heavy (non-hydrogen) atoms. The van der Waals surface area contributed by atoms with E-state index in [-0.39, 0.29) is 5.69 Å². The normalized spacial score (nSPS) is 11.6. The minimum absolute atomic E-state index is 0.0272. The van der Waals surface area contributed by atoms with E-state index in [0.29, 0.717) is 15.8 Å². The third kappa shape index (κ3) is 3.17. The first-order valence-electron chi connectivity index (χ1n) is 7.32. The zero-order valence-corrected chi connectivity index (χ0v) is 14.0. The number of non-ortho nitro benzene ring substituents is 1. The smallest absolute Gasteiger partial charge is 0.259 e. The average Bonchev–Trinajstić information content (AvgIpc) is 2.92. The minimum Gasteiger partial charge on any atom is -0.259 e. The molecule has 0 bridgehead atoms. The van der Waals surface area contributed by atoms with Gasteiger partial charge in [0, 0.05) is 11.8 Å². The van der Waals surface area contributed by atoms with Gasteiger partial charge in [-0.15, -0.1) is 0 Å². The zero-order chi connectivity index (χ0) is 17.0. The lowest BCUT2D eigenvalue weighted by atomic mass is 10.2. The van der Waals surface area contributed by atoms with E-state index in [1.807, 2.05) is 32.0 Å². The van der Waals surface area contributed by atoms with Crippen molar-refractivity contribution in [3.63, 3.8) is 0 Å². The minimum atomic E-state index is -1.43. The first-order valence-corrected chi connectivity index (χ1v) is 8.43. The van der Waals surface area contributed by atoms with Crippen molar-refractivity contribution in [3.8, 4) is 0 Å². The van der Waals surface area contributed by atoms with Gasteiger partial charge in [0.15, 0.2) is 11.0 Å². The van der Waals surface area contributed by atoms with E-state index in [1.54, 1.807) is 41.2 Å². The molecule has 1 unspecified atom stereocenters. The highest BCUT2D eigenvalue weighted by molar-refractivity contribution is 7.83. The molecule has 0 spiro atoms. The lowest BCUT2D eigenvalue weighted by Crippen LogP contribution is -2.06. The van der Waals surface area contributed by atoms with E-state index in [2.05, 4.69) is 0 Å². The zero-order valence-electron chi connectivity index (χ0n) is 13.2. The fraction of sp³-hybridized carbons (Fsp3) is 0.176. The molecule has 3 aromatic rings. The van der Waals surface area contributed by atoms with Crippen molar-refractivity contribution in [2.45, 2.75) is 25.7 Å². The molecule has 2 aromatic carbocycles. The van der Waals surface area contributed by atoms with Gasteiger partial charge in [0.2, 0.25) is 0 Å². The Morgan fingerprint density at radius 1 is 1.04 bits per heavy atom. The van der Waals surface area contributed by atoms with Crippen LogP contribution in [-0.4, -0.2) is 13.1 Å². The molecular formula is C17H18N2O3S. The quantitative estimate of drug-likeness (QED) is 0.526. The summed E-state index contributed by atoms with van der Waals surface area (Å²) in [5.41, 5.74) is 1.35. The number of hydrogen-bond donors (Lipinski definition) is 0. The van der Waals surface area contributed by atoms with Crippen LogP contribution < -0.4 is 0 Å². The molecule has 0 fully saturated rings. The largest absolute Gasteiger partial charge is 0.278 e. The van der Waals surface area contributed by atoms with E-state index in [0.717, 1.165) is 5.69 Å². The Morgan fingerprint density at radius 2 is 1.70 bits per heavy atom. The Labute approximate surface area is 137 Å². The summed E-state index contributed by atoms with van der Waals surface area (Å²) in [5.74, 6) is 0. The highest BCUT2D eigenvalue weighted by Gasteiger charge is 2.19. The molecule has 0 aliphatic carbocycles. The number of nitro groups is 1. The van der Waals surface area contributed by atoms with Crippen molar-refractivity contribution in [1.82, 2.24) is 3.97 Å².